The van der Waals surface area contributed by atoms with Crippen molar-refractivity contribution in [1.29, 1.82) is 0 Å². The molecule has 2 fully saturated rings. The molecule has 1 aliphatic heterocycles. The van der Waals surface area contributed by atoms with Gasteiger partial charge in [-0.05, 0) is 30.6 Å². The van der Waals surface area contributed by atoms with Crippen LogP contribution in [0.5, 0.6) is 0 Å². The molecule has 1 spiro atoms. The van der Waals surface area contributed by atoms with Crippen LogP contribution in [0.4, 0.5) is 0 Å². The topological polar surface area (TPSA) is 52.3 Å². The van der Waals surface area contributed by atoms with Crippen molar-refractivity contribution in [1.82, 2.24) is 0 Å². The molecule has 92 valence electrons. The van der Waals surface area contributed by atoms with Gasteiger partial charge in [-0.25, -0.2) is 0 Å². The summed E-state index contributed by atoms with van der Waals surface area (Å²) in [6, 6.07) is 0. The van der Waals surface area contributed by atoms with Gasteiger partial charge in [-0.2, -0.15) is 0 Å². The number of ether oxygens (including phenoxy) is 1. The molecule has 3 unspecified atom stereocenters. The van der Waals surface area contributed by atoms with E-state index >= 15 is 0 Å². The van der Waals surface area contributed by atoms with Gasteiger partial charge in [-0.1, -0.05) is 20.8 Å². The van der Waals surface area contributed by atoms with Crippen LogP contribution in [0.3, 0.4) is 0 Å². The van der Waals surface area contributed by atoms with Crippen molar-refractivity contribution in [3.63, 3.8) is 0 Å². The highest BCUT2D eigenvalue weighted by atomic mass is 16.6. The molecule has 16 heavy (non-hydrogen) atoms. The monoisotopic (exact) mass is 225 g/mol. The molecule has 2 aliphatic rings. The van der Waals surface area contributed by atoms with Crippen molar-refractivity contribution in [2.24, 2.45) is 22.5 Å². The maximum absolute atomic E-state index is 11.5. The first-order valence-corrected chi connectivity index (χ1v) is 6.26. The van der Waals surface area contributed by atoms with Gasteiger partial charge in [0.2, 0.25) is 0 Å². The minimum atomic E-state index is -0.0552. The predicted octanol–water partition coefficient (Wildman–Crippen LogP) is 2.09. The molecule has 3 nitrogen and oxygen atoms in total. The summed E-state index contributed by atoms with van der Waals surface area (Å²) in [7, 11) is 0. The van der Waals surface area contributed by atoms with E-state index in [-0.39, 0.29) is 17.5 Å². The third-order valence-corrected chi connectivity index (χ3v) is 4.15. The molecule has 1 heterocycles. The highest BCUT2D eigenvalue weighted by molar-refractivity contribution is 5.73. The van der Waals surface area contributed by atoms with Crippen molar-refractivity contribution in [2.75, 3.05) is 6.54 Å². The average molecular weight is 225 g/mol. The number of hydrogen-bond acceptors (Lipinski definition) is 3. The number of nitrogens with two attached hydrogens (primary N) is 1. The van der Waals surface area contributed by atoms with Crippen LogP contribution in [0.2, 0.25) is 0 Å². The summed E-state index contributed by atoms with van der Waals surface area (Å²) in [5.41, 5.74) is 6.08. The second-order valence-electron chi connectivity index (χ2n) is 6.61. The Morgan fingerprint density at radius 3 is 2.69 bits per heavy atom. The van der Waals surface area contributed by atoms with E-state index in [1.54, 1.807) is 0 Å². The largest absolute Gasteiger partial charge is 0.460 e. The quantitative estimate of drug-likeness (QED) is 0.695. The third-order valence-electron chi connectivity index (χ3n) is 4.15. The zero-order valence-corrected chi connectivity index (χ0v) is 10.6. The van der Waals surface area contributed by atoms with Gasteiger partial charge < -0.3 is 10.5 Å². The Kier molecular flexibility index (Phi) is 2.77. The van der Waals surface area contributed by atoms with Gasteiger partial charge in [0.25, 0.3) is 0 Å². The second-order valence-corrected chi connectivity index (χ2v) is 6.61. The van der Waals surface area contributed by atoms with Crippen molar-refractivity contribution in [3.05, 3.63) is 0 Å². The van der Waals surface area contributed by atoms with E-state index in [0.29, 0.717) is 24.3 Å². The number of carbonyl (C=O) groups excluding carboxylic acids is 1. The Balaban J connectivity index is 2.26. The molecular weight excluding hydrogens is 202 g/mol. The smallest absolute Gasteiger partial charge is 0.306 e. The third kappa shape index (κ3) is 1.97. The maximum atomic E-state index is 11.5. The van der Waals surface area contributed by atoms with Crippen LogP contribution < -0.4 is 5.73 Å². The van der Waals surface area contributed by atoms with Gasteiger partial charge >= 0.3 is 5.97 Å². The summed E-state index contributed by atoms with van der Waals surface area (Å²) in [6.07, 6.45) is 3.91. The van der Waals surface area contributed by atoms with Crippen LogP contribution in [-0.4, -0.2) is 18.6 Å². The fraction of sp³-hybridized carbons (Fsp3) is 0.923. The van der Waals surface area contributed by atoms with Gasteiger partial charge in [0, 0.05) is 12.0 Å². The molecule has 0 aromatic heterocycles. The number of rotatable bonds is 1. The lowest BCUT2D eigenvalue weighted by Gasteiger charge is -2.46. The molecule has 1 aliphatic carbocycles. The molecule has 0 aromatic rings. The molecule has 0 amide bonds. The number of carbonyl (C=O) groups is 1. The molecule has 0 aromatic carbocycles. The highest BCUT2D eigenvalue weighted by Crippen LogP contribution is 2.55. The lowest BCUT2D eigenvalue weighted by Crippen LogP contribution is -2.45. The molecular formula is C13H23NO2. The fourth-order valence-electron chi connectivity index (χ4n) is 4.21. The Morgan fingerprint density at radius 1 is 1.44 bits per heavy atom. The number of hydrogen-bond donors (Lipinski definition) is 1. The van der Waals surface area contributed by atoms with E-state index in [2.05, 4.69) is 20.8 Å². The van der Waals surface area contributed by atoms with Crippen LogP contribution in [0.15, 0.2) is 0 Å². The predicted molar refractivity (Wildman–Crippen MR) is 62.8 cm³/mol. The molecule has 2 rings (SSSR count). The van der Waals surface area contributed by atoms with Crippen LogP contribution in [0.1, 0.15) is 46.5 Å². The van der Waals surface area contributed by atoms with Gasteiger partial charge in [0.05, 0.1) is 6.42 Å². The first-order chi connectivity index (χ1) is 7.37. The van der Waals surface area contributed by atoms with E-state index < -0.39 is 0 Å². The molecule has 1 saturated carbocycles. The van der Waals surface area contributed by atoms with Gasteiger partial charge in [0.15, 0.2) is 0 Å². The zero-order valence-electron chi connectivity index (χ0n) is 10.6. The molecule has 0 bridgehead atoms. The van der Waals surface area contributed by atoms with E-state index in [0.717, 1.165) is 12.8 Å². The standard InChI is InChI=1S/C13H23NO2/c1-9-4-12(2,3)8-13(5-9)6-11(15)16-10(13)7-14/h9-10H,4-8,14H2,1-3H3. The summed E-state index contributed by atoms with van der Waals surface area (Å²) in [5.74, 6) is 0.604. The average Bonchev–Trinajstić information content (AvgIpc) is 2.37. The maximum Gasteiger partial charge on any atom is 0.306 e. The Morgan fingerprint density at radius 2 is 2.12 bits per heavy atom. The first kappa shape index (κ1) is 11.9. The molecule has 3 atom stereocenters. The van der Waals surface area contributed by atoms with Crippen molar-refractivity contribution in [3.8, 4) is 0 Å². The molecule has 2 N–H and O–H groups in total. The van der Waals surface area contributed by atoms with E-state index in [1.807, 2.05) is 0 Å². The lowest BCUT2D eigenvalue weighted by atomic mass is 9.58. The fourth-order valence-corrected chi connectivity index (χ4v) is 4.21. The minimum Gasteiger partial charge on any atom is -0.460 e. The van der Waals surface area contributed by atoms with Crippen LogP contribution in [0.25, 0.3) is 0 Å². The number of esters is 1. The van der Waals surface area contributed by atoms with Gasteiger partial charge in [-0.3, -0.25) is 4.79 Å². The normalized spacial score (nSPS) is 42.4. The van der Waals surface area contributed by atoms with Crippen LogP contribution in [-0.2, 0) is 9.53 Å². The number of cyclic esters (lactones) is 1. The summed E-state index contributed by atoms with van der Waals surface area (Å²) >= 11 is 0. The van der Waals surface area contributed by atoms with Gasteiger partial charge in [-0.15, -0.1) is 0 Å². The summed E-state index contributed by atoms with van der Waals surface area (Å²) in [4.78, 5) is 11.5. The Labute approximate surface area is 97.7 Å². The summed E-state index contributed by atoms with van der Waals surface area (Å²) in [6.45, 7) is 7.33. The van der Waals surface area contributed by atoms with Crippen molar-refractivity contribution >= 4 is 5.97 Å². The molecule has 0 radical (unpaired) electrons. The lowest BCUT2D eigenvalue weighted by molar-refractivity contribution is -0.141. The van der Waals surface area contributed by atoms with Crippen LogP contribution >= 0.6 is 0 Å². The Bertz CT molecular complexity index is 300. The van der Waals surface area contributed by atoms with E-state index in [9.17, 15) is 4.79 Å². The summed E-state index contributed by atoms with van der Waals surface area (Å²) < 4.78 is 5.38. The first-order valence-electron chi connectivity index (χ1n) is 6.26. The highest BCUT2D eigenvalue weighted by Gasteiger charge is 2.53. The van der Waals surface area contributed by atoms with Crippen molar-refractivity contribution in [2.45, 2.75) is 52.6 Å². The zero-order chi connectivity index (χ0) is 12.0. The van der Waals surface area contributed by atoms with Crippen LogP contribution in [0, 0.1) is 16.7 Å². The Hall–Kier alpha value is -0.570. The molecule has 1 saturated heterocycles. The SMILES string of the molecule is CC1CC(C)(C)CC2(CC(=O)OC2CN)C1. The minimum absolute atomic E-state index is 0.0208. The summed E-state index contributed by atoms with van der Waals surface area (Å²) in [5, 5.41) is 0. The van der Waals surface area contributed by atoms with E-state index in [1.165, 1.54) is 6.42 Å². The second kappa shape index (κ2) is 3.73. The molecule has 3 heteroatoms. The van der Waals surface area contributed by atoms with E-state index in [4.69, 9.17) is 10.5 Å². The van der Waals surface area contributed by atoms with Gasteiger partial charge in [0.1, 0.15) is 6.10 Å². The van der Waals surface area contributed by atoms with Crippen molar-refractivity contribution < 1.29 is 9.53 Å².